The molecule has 0 spiro atoms. The van der Waals surface area contributed by atoms with E-state index in [-0.39, 0.29) is 0 Å². The standard InChI is InChI=1S/C9H16IN3O/c1-8(2)3-5-14-6-4-13-7-11-9(10)12-13/h7-8H,3-6H2,1-2H3. The van der Waals surface area contributed by atoms with E-state index in [1.54, 1.807) is 11.0 Å². The molecule has 0 unspecified atom stereocenters. The maximum Gasteiger partial charge on any atom is 0.211 e. The molecule has 80 valence electrons. The van der Waals surface area contributed by atoms with Crippen LogP contribution < -0.4 is 0 Å². The second-order valence-electron chi connectivity index (χ2n) is 3.57. The predicted molar refractivity (Wildman–Crippen MR) is 63.0 cm³/mol. The summed E-state index contributed by atoms with van der Waals surface area (Å²) in [7, 11) is 0. The minimum atomic E-state index is 0.710. The van der Waals surface area contributed by atoms with Crippen LogP contribution in [0.4, 0.5) is 0 Å². The molecule has 0 N–H and O–H groups in total. The van der Waals surface area contributed by atoms with E-state index in [0.717, 1.165) is 23.4 Å². The number of ether oxygens (including phenoxy) is 1. The number of hydrogen-bond acceptors (Lipinski definition) is 3. The Morgan fingerprint density at radius 3 is 2.86 bits per heavy atom. The third-order valence-electron chi connectivity index (χ3n) is 1.81. The van der Waals surface area contributed by atoms with Gasteiger partial charge >= 0.3 is 0 Å². The number of hydrogen-bond donors (Lipinski definition) is 0. The zero-order valence-corrected chi connectivity index (χ0v) is 10.8. The van der Waals surface area contributed by atoms with Gasteiger partial charge in [-0.3, -0.25) is 0 Å². The fourth-order valence-electron chi connectivity index (χ4n) is 0.959. The van der Waals surface area contributed by atoms with Gasteiger partial charge in [-0.15, -0.1) is 5.10 Å². The van der Waals surface area contributed by atoms with Crippen molar-refractivity contribution in [3.63, 3.8) is 0 Å². The van der Waals surface area contributed by atoms with E-state index in [2.05, 4.69) is 46.5 Å². The molecular weight excluding hydrogens is 293 g/mol. The van der Waals surface area contributed by atoms with Crippen LogP contribution in [-0.2, 0) is 11.3 Å². The van der Waals surface area contributed by atoms with Crippen molar-refractivity contribution in [2.75, 3.05) is 13.2 Å². The fourth-order valence-corrected chi connectivity index (χ4v) is 1.36. The van der Waals surface area contributed by atoms with Gasteiger partial charge in [-0.2, -0.15) is 0 Å². The molecule has 0 fully saturated rings. The molecule has 0 aliphatic heterocycles. The first kappa shape index (κ1) is 11.9. The Hall–Kier alpha value is -0.170. The van der Waals surface area contributed by atoms with E-state index in [1.807, 2.05) is 0 Å². The number of rotatable bonds is 6. The summed E-state index contributed by atoms with van der Waals surface area (Å²) in [5.74, 6) is 0.710. The molecule has 0 amide bonds. The van der Waals surface area contributed by atoms with Crippen LogP contribution >= 0.6 is 22.6 Å². The molecule has 0 aliphatic rings. The summed E-state index contributed by atoms with van der Waals surface area (Å²) in [6.07, 6.45) is 2.85. The van der Waals surface area contributed by atoms with Crippen LogP contribution in [0.1, 0.15) is 20.3 Å². The molecule has 1 heterocycles. The molecule has 4 nitrogen and oxygen atoms in total. The van der Waals surface area contributed by atoms with Crippen molar-refractivity contribution in [2.45, 2.75) is 26.8 Å². The smallest absolute Gasteiger partial charge is 0.211 e. The third-order valence-corrected chi connectivity index (χ3v) is 2.31. The highest BCUT2D eigenvalue weighted by Crippen LogP contribution is 1.99. The van der Waals surface area contributed by atoms with Crippen molar-refractivity contribution < 1.29 is 4.74 Å². The van der Waals surface area contributed by atoms with Gasteiger partial charge in [-0.25, -0.2) is 9.67 Å². The number of halogens is 1. The fraction of sp³-hybridized carbons (Fsp3) is 0.778. The highest BCUT2D eigenvalue weighted by atomic mass is 127. The lowest BCUT2D eigenvalue weighted by molar-refractivity contribution is 0.114. The molecule has 14 heavy (non-hydrogen) atoms. The summed E-state index contributed by atoms with van der Waals surface area (Å²) < 4.78 is 8.05. The van der Waals surface area contributed by atoms with Crippen LogP contribution in [0.25, 0.3) is 0 Å². The Bertz CT molecular complexity index is 262. The van der Waals surface area contributed by atoms with E-state index in [4.69, 9.17) is 4.74 Å². The van der Waals surface area contributed by atoms with E-state index in [0.29, 0.717) is 12.5 Å². The monoisotopic (exact) mass is 309 g/mol. The summed E-state index contributed by atoms with van der Waals surface area (Å²) >= 11 is 2.09. The Morgan fingerprint density at radius 2 is 2.29 bits per heavy atom. The average molecular weight is 309 g/mol. The van der Waals surface area contributed by atoms with Gasteiger partial charge in [0, 0.05) is 29.2 Å². The molecule has 1 aromatic heterocycles. The summed E-state index contributed by atoms with van der Waals surface area (Å²) in [6, 6.07) is 0. The van der Waals surface area contributed by atoms with Gasteiger partial charge in [0.1, 0.15) is 6.33 Å². The highest BCUT2D eigenvalue weighted by molar-refractivity contribution is 14.1. The van der Waals surface area contributed by atoms with Crippen LogP contribution in [0.3, 0.4) is 0 Å². The summed E-state index contributed by atoms with van der Waals surface area (Å²) in [5.41, 5.74) is 0. The van der Waals surface area contributed by atoms with Crippen LogP contribution in [0.5, 0.6) is 0 Å². The SMILES string of the molecule is CC(C)CCOCCn1cnc(I)n1. The normalized spacial score (nSPS) is 11.1. The summed E-state index contributed by atoms with van der Waals surface area (Å²) in [4.78, 5) is 4.03. The topological polar surface area (TPSA) is 39.9 Å². The molecular formula is C9H16IN3O. The second kappa shape index (κ2) is 6.34. The van der Waals surface area contributed by atoms with Crippen LogP contribution in [0.15, 0.2) is 6.33 Å². The predicted octanol–water partition coefficient (Wildman–Crippen LogP) is 1.95. The molecule has 0 aliphatic carbocycles. The Morgan fingerprint density at radius 1 is 1.50 bits per heavy atom. The van der Waals surface area contributed by atoms with Crippen LogP contribution in [0, 0.1) is 9.75 Å². The molecule has 1 aromatic rings. The highest BCUT2D eigenvalue weighted by Gasteiger charge is 1.97. The zero-order valence-electron chi connectivity index (χ0n) is 8.61. The van der Waals surface area contributed by atoms with Gasteiger partial charge in [0.2, 0.25) is 3.83 Å². The largest absolute Gasteiger partial charge is 0.380 e. The van der Waals surface area contributed by atoms with E-state index in [9.17, 15) is 0 Å². The molecule has 0 radical (unpaired) electrons. The van der Waals surface area contributed by atoms with Gasteiger partial charge in [0.15, 0.2) is 0 Å². The minimum Gasteiger partial charge on any atom is -0.380 e. The van der Waals surface area contributed by atoms with Crippen molar-refractivity contribution in [1.29, 1.82) is 0 Å². The lowest BCUT2D eigenvalue weighted by Crippen LogP contribution is -2.08. The van der Waals surface area contributed by atoms with Crippen LogP contribution in [0.2, 0.25) is 0 Å². The lowest BCUT2D eigenvalue weighted by Gasteiger charge is -2.05. The third kappa shape index (κ3) is 4.90. The van der Waals surface area contributed by atoms with Gasteiger partial charge in [-0.05, 0) is 12.3 Å². The maximum absolute atomic E-state index is 5.47. The van der Waals surface area contributed by atoms with E-state index >= 15 is 0 Å². The molecule has 5 heteroatoms. The Kier molecular flexibility index (Phi) is 5.39. The Balaban J connectivity index is 2.04. The van der Waals surface area contributed by atoms with Crippen molar-refractivity contribution >= 4 is 22.6 Å². The molecule has 0 saturated carbocycles. The van der Waals surface area contributed by atoms with Gasteiger partial charge < -0.3 is 4.74 Å². The summed E-state index contributed by atoms with van der Waals surface area (Å²) in [6.45, 7) is 6.73. The van der Waals surface area contributed by atoms with Gasteiger partial charge in [-0.1, -0.05) is 13.8 Å². The second-order valence-corrected chi connectivity index (χ2v) is 4.54. The van der Waals surface area contributed by atoms with Gasteiger partial charge in [0.25, 0.3) is 0 Å². The number of nitrogens with zero attached hydrogens (tertiary/aromatic N) is 3. The van der Waals surface area contributed by atoms with Gasteiger partial charge in [0.05, 0.1) is 13.2 Å². The zero-order chi connectivity index (χ0) is 10.4. The Labute approximate surface area is 98.2 Å². The summed E-state index contributed by atoms with van der Waals surface area (Å²) in [5, 5.41) is 4.16. The maximum atomic E-state index is 5.47. The molecule has 0 saturated heterocycles. The lowest BCUT2D eigenvalue weighted by atomic mass is 10.1. The molecule has 0 aromatic carbocycles. The average Bonchev–Trinajstić information content (AvgIpc) is 2.50. The van der Waals surface area contributed by atoms with Crippen molar-refractivity contribution in [3.8, 4) is 0 Å². The first-order chi connectivity index (χ1) is 6.68. The number of aromatic nitrogens is 3. The van der Waals surface area contributed by atoms with Crippen molar-refractivity contribution in [3.05, 3.63) is 10.2 Å². The quantitative estimate of drug-likeness (QED) is 0.595. The van der Waals surface area contributed by atoms with E-state index < -0.39 is 0 Å². The van der Waals surface area contributed by atoms with E-state index in [1.165, 1.54) is 0 Å². The molecule has 0 bridgehead atoms. The van der Waals surface area contributed by atoms with Crippen molar-refractivity contribution in [2.24, 2.45) is 5.92 Å². The molecule has 1 rings (SSSR count). The molecule has 0 atom stereocenters. The van der Waals surface area contributed by atoms with Crippen LogP contribution in [-0.4, -0.2) is 28.0 Å². The minimum absolute atomic E-state index is 0.710. The van der Waals surface area contributed by atoms with Crippen molar-refractivity contribution in [1.82, 2.24) is 14.8 Å². The first-order valence-corrected chi connectivity index (χ1v) is 5.89. The first-order valence-electron chi connectivity index (χ1n) is 4.81.